The van der Waals surface area contributed by atoms with Gasteiger partial charge in [0.2, 0.25) is 0 Å². The van der Waals surface area contributed by atoms with Crippen molar-refractivity contribution < 1.29 is 4.39 Å². The van der Waals surface area contributed by atoms with Crippen molar-refractivity contribution in [1.82, 2.24) is 0 Å². The summed E-state index contributed by atoms with van der Waals surface area (Å²) < 4.78 is 13.0. The lowest BCUT2D eigenvalue weighted by atomic mass is 9.48. The summed E-state index contributed by atoms with van der Waals surface area (Å²) in [6, 6.07) is 6.89. The van der Waals surface area contributed by atoms with Crippen molar-refractivity contribution in [3.05, 3.63) is 35.6 Å². The zero-order chi connectivity index (χ0) is 12.5. The molecular weight excluding hydrogens is 213 g/mol. The fraction of sp³-hybridized carbons (Fsp3) is 0.600. The molecule has 2 rings (SSSR count). The molecule has 1 saturated carbocycles. The van der Waals surface area contributed by atoms with E-state index in [9.17, 15) is 4.39 Å². The molecule has 0 aliphatic heterocycles. The van der Waals surface area contributed by atoms with Crippen molar-refractivity contribution in [2.75, 3.05) is 6.54 Å². The molecule has 2 heteroatoms. The topological polar surface area (TPSA) is 26.0 Å². The first-order chi connectivity index (χ1) is 8.10. The highest BCUT2D eigenvalue weighted by molar-refractivity contribution is 5.31. The van der Waals surface area contributed by atoms with Gasteiger partial charge in [0, 0.05) is 12.0 Å². The minimum Gasteiger partial charge on any atom is -0.330 e. The van der Waals surface area contributed by atoms with Gasteiger partial charge in [-0.3, -0.25) is 0 Å². The predicted octanol–water partition coefficient (Wildman–Crippen LogP) is 3.62. The van der Waals surface area contributed by atoms with Crippen molar-refractivity contribution >= 4 is 0 Å². The van der Waals surface area contributed by atoms with E-state index in [0.29, 0.717) is 12.0 Å². The van der Waals surface area contributed by atoms with Crippen LogP contribution in [-0.4, -0.2) is 6.54 Å². The molecule has 0 saturated heterocycles. The Labute approximate surface area is 103 Å². The lowest BCUT2D eigenvalue weighted by Gasteiger charge is -2.56. The van der Waals surface area contributed by atoms with Gasteiger partial charge >= 0.3 is 0 Å². The molecule has 2 N–H and O–H groups in total. The minimum atomic E-state index is -0.169. The summed E-state index contributed by atoms with van der Waals surface area (Å²) in [6.45, 7) is 5.18. The third-order valence-electron chi connectivity index (χ3n) is 4.77. The molecule has 0 spiro atoms. The van der Waals surface area contributed by atoms with Gasteiger partial charge in [0.1, 0.15) is 5.82 Å². The Hall–Kier alpha value is -0.890. The summed E-state index contributed by atoms with van der Waals surface area (Å²) in [7, 11) is 0. The van der Waals surface area contributed by atoms with Crippen molar-refractivity contribution in [1.29, 1.82) is 0 Å². The van der Waals surface area contributed by atoms with Gasteiger partial charge in [-0.05, 0) is 36.0 Å². The highest BCUT2D eigenvalue weighted by Gasteiger charge is 2.52. The first-order valence-electron chi connectivity index (χ1n) is 6.56. The smallest absolute Gasteiger partial charge is 0.123 e. The molecular formula is C15H22FN. The Morgan fingerprint density at radius 2 is 1.65 bits per heavy atom. The molecule has 1 aromatic rings. The van der Waals surface area contributed by atoms with Crippen LogP contribution in [0.3, 0.4) is 0 Å². The van der Waals surface area contributed by atoms with E-state index in [2.05, 4.69) is 13.8 Å². The van der Waals surface area contributed by atoms with Crippen LogP contribution in [-0.2, 0) is 5.41 Å². The molecule has 0 aromatic heterocycles. The maximum Gasteiger partial charge on any atom is 0.123 e. The van der Waals surface area contributed by atoms with E-state index in [1.165, 1.54) is 18.4 Å². The number of halogens is 1. The number of benzene rings is 1. The molecule has 0 amide bonds. The number of rotatable bonds is 4. The normalized spacial score (nSPS) is 20.9. The van der Waals surface area contributed by atoms with Crippen molar-refractivity contribution in [3.8, 4) is 0 Å². The van der Waals surface area contributed by atoms with Crippen LogP contribution in [0.1, 0.15) is 45.1 Å². The van der Waals surface area contributed by atoms with Crippen LogP contribution in [0.15, 0.2) is 24.3 Å². The summed E-state index contributed by atoms with van der Waals surface area (Å²) in [5.74, 6) is -0.169. The highest BCUT2D eigenvalue weighted by Crippen LogP contribution is 2.58. The van der Waals surface area contributed by atoms with Crippen LogP contribution in [0, 0.1) is 11.2 Å². The highest BCUT2D eigenvalue weighted by atomic mass is 19.1. The third kappa shape index (κ3) is 1.99. The molecule has 1 aromatic carbocycles. The van der Waals surface area contributed by atoms with Gasteiger partial charge in [-0.2, -0.15) is 0 Å². The lowest BCUT2D eigenvalue weighted by Crippen LogP contribution is -2.53. The van der Waals surface area contributed by atoms with Gasteiger partial charge in [-0.15, -0.1) is 0 Å². The molecule has 1 aliphatic carbocycles. The monoisotopic (exact) mass is 235 g/mol. The standard InChI is InChI=1S/C15H22FN/c1-3-14(4-2)9-15(10-14,11-17)12-5-7-13(16)8-6-12/h5-8H,3-4,9-11,17H2,1-2H3. The number of hydrogen-bond acceptors (Lipinski definition) is 1. The maximum absolute atomic E-state index is 13.0. The largest absolute Gasteiger partial charge is 0.330 e. The Morgan fingerprint density at radius 3 is 2.06 bits per heavy atom. The SMILES string of the molecule is CCC1(CC)CC(CN)(c2ccc(F)cc2)C1. The summed E-state index contributed by atoms with van der Waals surface area (Å²) in [5.41, 5.74) is 7.75. The second-order valence-electron chi connectivity index (χ2n) is 5.55. The average molecular weight is 235 g/mol. The summed E-state index contributed by atoms with van der Waals surface area (Å²) in [4.78, 5) is 0. The van der Waals surface area contributed by atoms with Crippen LogP contribution >= 0.6 is 0 Å². The molecule has 94 valence electrons. The van der Waals surface area contributed by atoms with E-state index in [1.807, 2.05) is 12.1 Å². The van der Waals surface area contributed by atoms with Gasteiger partial charge < -0.3 is 5.73 Å². The zero-order valence-electron chi connectivity index (χ0n) is 10.8. The Kier molecular flexibility index (Phi) is 3.26. The van der Waals surface area contributed by atoms with E-state index < -0.39 is 0 Å². The zero-order valence-corrected chi connectivity index (χ0v) is 10.8. The Morgan fingerprint density at radius 1 is 1.12 bits per heavy atom. The fourth-order valence-corrected chi connectivity index (χ4v) is 3.40. The van der Waals surface area contributed by atoms with Gasteiger partial charge in [0.05, 0.1) is 0 Å². The van der Waals surface area contributed by atoms with Crippen molar-refractivity contribution in [2.45, 2.75) is 44.9 Å². The van der Waals surface area contributed by atoms with E-state index in [0.717, 1.165) is 12.8 Å². The first-order valence-corrected chi connectivity index (χ1v) is 6.56. The molecule has 17 heavy (non-hydrogen) atoms. The maximum atomic E-state index is 13.0. The predicted molar refractivity (Wildman–Crippen MR) is 69.4 cm³/mol. The van der Waals surface area contributed by atoms with E-state index >= 15 is 0 Å². The molecule has 1 fully saturated rings. The number of nitrogens with two attached hydrogens (primary N) is 1. The molecule has 0 atom stereocenters. The average Bonchev–Trinajstić information content (AvgIpc) is 2.32. The van der Waals surface area contributed by atoms with Crippen LogP contribution in [0.4, 0.5) is 4.39 Å². The molecule has 0 unspecified atom stereocenters. The summed E-state index contributed by atoms with van der Waals surface area (Å²) >= 11 is 0. The minimum absolute atomic E-state index is 0.0969. The second kappa shape index (κ2) is 4.41. The molecule has 0 bridgehead atoms. The van der Waals surface area contributed by atoms with Gasteiger partial charge in [0.25, 0.3) is 0 Å². The van der Waals surface area contributed by atoms with Crippen LogP contribution in [0.5, 0.6) is 0 Å². The van der Waals surface area contributed by atoms with Crippen LogP contribution < -0.4 is 5.73 Å². The van der Waals surface area contributed by atoms with E-state index in [-0.39, 0.29) is 11.2 Å². The van der Waals surface area contributed by atoms with E-state index in [1.54, 1.807) is 12.1 Å². The molecule has 0 heterocycles. The molecule has 0 radical (unpaired) electrons. The quantitative estimate of drug-likeness (QED) is 0.847. The summed E-state index contributed by atoms with van der Waals surface area (Å²) in [6.07, 6.45) is 4.73. The third-order valence-corrected chi connectivity index (χ3v) is 4.77. The number of hydrogen-bond donors (Lipinski definition) is 1. The second-order valence-corrected chi connectivity index (χ2v) is 5.55. The Balaban J connectivity index is 2.22. The lowest BCUT2D eigenvalue weighted by molar-refractivity contribution is 0.0182. The van der Waals surface area contributed by atoms with Gasteiger partial charge in [-0.1, -0.05) is 38.8 Å². The van der Waals surface area contributed by atoms with Crippen LogP contribution in [0.2, 0.25) is 0 Å². The van der Waals surface area contributed by atoms with Crippen molar-refractivity contribution in [3.63, 3.8) is 0 Å². The van der Waals surface area contributed by atoms with Gasteiger partial charge in [-0.25, -0.2) is 4.39 Å². The molecule has 1 nitrogen and oxygen atoms in total. The first kappa shape index (κ1) is 12.6. The van der Waals surface area contributed by atoms with Crippen LogP contribution in [0.25, 0.3) is 0 Å². The van der Waals surface area contributed by atoms with Gasteiger partial charge in [0.15, 0.2) is 0 Å². The summed E-state index contributed by atoms with van der Waals surface area (Å²) in [5, 5.41) is 0. The Bertz CT molecular complexity index is 370. The van der Waals surface area contributed by atoms with E-state index in [4.69, 9.17) is 5.73 Å². The molecule has 1 aliphatic rings. The van der Waals surface area contributed by atoms with Crippen molar-refractivity contribution in [2.24, 2.45) is 11.1 Å². The fourth-order valence-electron chi connectivity index (χ4n) is 3.40.